The van der Waals surface area contributed by atoms with E-state index >= 15 is 0 Å². The van der Waals surface area contributed by atoms with Gasteiger partial charge in [0.1, 0.15) is 5.01 Å². The Morgan fingerprint density at radius 2 is 2.29 bits per heavy atom. The third-order valence-corrected chi connectivity index (χ3v) is 5.01. The summed E-state index contributed by atoms with van der Waals surface area (Å²) in [4.78, 5) is 23.8. The molecule has 0 spiro atoms. The Hall–Kier alpha value is -1.47. The highest BCUT2D eigenvalue weighted by Gasteiger charge is 2.16. The lowest BCUT2D eigenvalue weighted by molar-refractivity contribution is 0.203. The Morgan fingerprint density at radius 1 is 1.52 bits per heavy atom. The van der Waals surface area contributed by atoms with Crippen molar-refractivity contribution in [3.8, 4) is 0 Å². The van der Waals surface area contributed by atoms with Crippen LogP contribution >= 0.6 is 22.7 Å². The number of carbonyl (C=O) groups is 1. The molecule has 0 saturated carbocycles. The summed E-state index contributed by atoms with van der Waals surface area (Å²) in [5.41, 5.74) is 0.904. The van der Waals surface area contributed by atoms with E-state index in [0.29, 0.717) is 6.54 Å². The third-order valence-electron chi connectivity index (χ3n) is 3.09. The number of aromatic nitrogens is 2. The normalized spacial score (nSPS) is 12.2. The Kier molecular flexibility index (Phi) is 5.30. The maximum atomic E-state index is 12.2. The summed E-state index contributed by atoms with van der Waals surface area (Å²) in [5.74, 6) is 0. The van der Waals surface area contributed by atoms with Crippen molar-refractivity contribution in [1.82, 2.24) is 20.2 Å². The zero-order valence-electron chi connectivity index (χ0n) is 12.7. The highest BCUT2D eigenvalue weighted by Crippen LogP contribution is 2.17. The minimum absolute atomic E-state index is 0.0904. The van der Waals surface area contributed by atoms with Gasteiger partial charge < -0.3 is 10.2 Å². The van der Waals surface area contributed by atoms with Gasteiger partial charge in [-0.3, -0.25) is 0 Å². The Labute approximate surface area is 133 Å². The number of aryl methyl sites for hydroxylation is 2. The van der Waals surface area contributed by atoms with Gasteiger partial charge in [-0.15, -0.1) is 22.7 Å². The van der Waals surface area contributed by atoms with E-state index in [1.807, 2.05) is 25.4 Å². The van der Waals surface area contributed by atoms with Gasteiger partial charge in [0, 0.05) is 23.5 Å². The minimum atomic E-state index is -0.110. The first-order valence-electron chi connectivity index (χ1n) is 6.86. The van der Waals surface area contributed by atoms with Gasteiger partial charge in [0.05, 0.1) is 23.3 Å². The fraction of sp³-hybridized carbons (Fsp3) is 0.500. The van der Waals surface area contributed by atoms with Gasteiger partial charge in [-0.05, 0) is 20.3 Å². The zero-order chi connectivity index (χ0) is 15.4. The number of thiazole rings is 2. The molecule has 0 bridgehead atoms. The minimum Gasteiger partial charge on any atom is -0.330 e. The summed E-state index contributed by atoms with van der Waals surface area (Å²) in [7, 11) is 1.78. The number of nitrogens with zero attached hydrogens (tertiary/aromatic N) is 3. The van der Waals surface area contributed by atoms with E-state index in [4.69, 9.17) is 0 Å². The van der Waals surface area contributed by atoms with Crippen molar-refractivity contribution in [1.29, 1.82) is 0 Å². The molecule has 0 fully saturated rings. The lowest BCUT2D eigenvalue weighted by atomic mass is 10.3. The van der Waals surface area contributed by atoms with Crippen molar-refractivity contribution in [2.45, 2.75) is 39.8 Å². The molecule has 0 aromatic carbocycles. The molecule has 2 aromatic rings. The van der Waals surface area contributed by atoms with Gasteiger partial charge in [0.2, 0.25) is 0 Å². The molecule has 0 saturated heterocycles. The Bertz CT molecular complexity index is 608. The van der Waals surface area contributed by atoms with Crippen molar-refractivity contribution < 1.29 is 4.79 Å². The van der Waals surface area contributed by atoms with Crippen LogP contribution in [0, 0.1) is 6.92 Å². The van der Waals surface area contributed by atoms with Crippen molar-refractivity contribution >= 4 is 28.7 Å². The summed E-state index contributed by atoms with van der Waals surface area (Å²) in [6, 6.07) is -0.200. The fourth-order valence-corrected chi connectivity index (χ4v) is 3.43. The summed E-state index contributed by atoms with van der Waals surface area (Å²) < 4.78 is 0. The van der Waals surface area contributed by atoms with E-state index in [1.165, 1.54) is 4.88 Å². The number of hydrogen-bond acceptors (Lipinski definition) is 5. The van der Waals surface area contributed by atoms with Gasteiger partial charge in [0.15, 0.2) is 0 Å². The summed E-state index contributed by atoms with van der Waals surface area (Å²) in [6.45, 7) is 6.53. The molecule has 0 aliphatic heterocycles. The van der Waals surface area contributed by atoms with Crippen LogP contribution in [0.25, 0.3) is 0 Å². The third kappa shape index (κ3) is 4.25. The van der Waals surface area contributed by atoms with Crippen molar-refractivity contribution in [2.75, 3.05) is 7.05 Å². The maximum Gasteiger partial charge on any atom is 0.318 e. The second-order valence-electron chi connectivity index (χ2n) is 4.89. The van der Waals surface area contributed by atoms with Crippen LogP contribution in [-0.2, 0) is 13.0 Å². The predicted octanol–water partition coefficient (Wildman–Crippen LogP) is 3.37. The average Bonchev–Trinajstić information content (AvgIpc) is 3.07. The van der Waals surface area contributed by atoms with E-state index in [2.05, 4.69) is 22.2 Å². The van der Waals surface area contributed by atoms with Crippen LogP contribution in [0.4, 0.5) is 4.79 Å². The molecule has 7 heteroatoms. The van der Waals surface area contributed by atoms with Gasteiger partial charge in [0.25, 0.3) is 0 Å². The fourth-order valence-electron chi connectivity index (χ4n) is 1.81. The topological polar surface area (TPSA) is 58.1 Å². The van der Waals surface area contributed by atoms with E-state index in [0.717, 1.165) is 22.1 Å². The molecule has 1 N–H and O–H groups in total. The Morgan fingerprint density at radius 3 is 2.86 bits per heavy atom. The molecule has 0 aliphatic carbocycles. The number of amides is 2. The van der Waals surface area contributed by atoms with Gasteiger partial charge >= 0.3 is 6.03 Å². The van der Waals surface area contributed by atoms with E-state index in [9.17, 15) is 4.79 Å². The molecule has 2 heterocycles. The lowest BCUT2D eigenvalue weighted by Crippen LogP contribution is -2.38. The van der Waals surface area contributed by atoms with Gasteiger partial charge in [-0.2, -0.15) is 0 Å². The maximum absolute atomic E-state index is 12.2. The monoisotopic (exact) mass is 324 g/mol. The lowest BCUT2D eigenvalue weighted by Gasteiger charge is -2.19. The van der Waals surface area contributed by atoms with E-state index in [-0.39, 0.29) is 12.1 Å². The molecule has 21 heavy (non-hydrogen) atoms. The second kappa shape index (κ2) is 7.00. The number of carbonyl (C=O) groups excluding carboxylic acids is 1. The van der Waals surface area contributed by atoms with Crippen LogP contribution in [0.3, 0.4) is 0 Å². The van der Waals surface area contributed by atoms with Crippen LogP contribution in [0.15, 0.2) is 11.6 Å². The average molecular weight is 324 g/mol. The number of urea groups is 1. The highest BCUT2D eigenvalue weighted by atomic mass is 32.1. The van der Waals surface area contributed by atoms with Gasteiger partial charge in [-0.1, -0.05) is 6.92 Å². The standard InChI is InChI=1S/C14H20N4OS2/c1-5-11-6-15-13(21-11)7-18(4)14(19)16-9(2)12-8-20-10(3)17-12/h6,8-9H,5,7H2,1-4H3,(H,16,19)/t9-/m0/s1. The van der Waals surface area contributed by atoms with Crippen molar-refractivity contribution in [3.05, 3.63) is 32.2 Å². The second-order valence-corrected chi connectivity index (χ2v) is 7.15. The molecular weight excluding hydrogens is 304 g/mol. The predicted molar refractivity (Wildman–Crippen MR) is 86.8 cm³/mol. The van der Waals surface area contributed by atoms with Crippen LogP contribution in [-0.4, -0.2) is 27.9 Å². The molecule has 0 radical (unpaired) electrons. The summed E-state index contributed by atoms with van der Waals surface area (Å²) >= 11 is 3.25. The smallest absolute Gasteiger partial charge is 0.318 e. The molecule has 2 rings (SSSR count). The molecular formula is C14H20N4OS2. The quantitative estimate of drug-likeness (QED) is 0.917. The molecule has 2 aromatic heterocycles. The van der Waals surface area contributed by atoms with Crippen LogP contribution in [0.1, 0.15) is 40.5 Å². The van der Waals surface area contributed by atoms with Crippen LogP contribution in [0.2, 0.25) is 0 Å². The molecule has 5 nitrogen and oxygen atoms in total. The first-order valence-corrected chi connectivity index (χ1v) is 8.56. The number of rotatable bonds is 5. The summed E-state index contributed by atoms with van der Waals surface area (Å²) in [5, 5.41) is 6.91. The SMILES string of the molecule is CCc1cnc(CN(C)C(=O)N[C@@H](C)c2csc(C)n2)s1. The Balaban J connectivity index is 1.90. The van der Waals surface area contributed by atoms with Crippen molar-refractivity contribution in [2.24, 2.45) is 0 Å². The molecule has 0 unspecified atom stereocenters. The highest BCUT2D eigenvalue weighted by molar-refractivity contribution is 7.11. The first kappa shape index (κ1) is 15.9. The van der Waals surface area contributed by atoms with Gasteiger partial charge in [-0.25, -0.2) is 14.8 Å². The molecule has 1 atom stereocenters. The molecule has 2 amide bonds. The number of hydrogen-bond donors (Lipinski definition) is 1. The van der Waals surface area contributed by atoms with Crippen LogP contribution in [0.5, 0.6) is 0 Å². The van der Waals surface area contributed by atoms with Crippen molar-refractivity contribution in [3.63, 3.8) is 0 Å². The zero-order valence-corrected chi connectivity index (χ0v) is 14.3. The first-order chi connectivity index (χ1) is 9.99. The molecule has 114 valence electrons. The number of nitrogens with one attached hydrogen (secondary N) is 1. The van der Waals surface area contributed by atoms with Crippen LogP contribution < -0.4 is 5.32 Å². The largest absolute Gasteiger partial charge is 0.330 e. The summed E-state index contributed by atoms with van der Waals surface area (Å²) in [6.07, 6.45) is 2.86. The molecule has 0 aliphatic rings. The van der Waals surface area contributed by atoms with E-state index in [1.54, 1.807) is 34.6 Å². The van der Waals surface area contributed by atoms with E-state index < -0.39 is 0 Å².